The highest BCUT2D eigenvalue weighted by Crippen LogP contribution is 2.34. The number of aryl methyl sites for hydroxylation is 1. The van der Waals surface area contributed by atoms with Gasteiger partial charge in [-0.05, 0) is 54.7 Å². The standard InChI is InChI=1S/C22H25NO4S/c1-5-12-26-20-13-16(4)18(15(2)3)14-21(20)28(24,25)27-19-10-6-8-17-9-7-11-23-22(17)19/h6-11,13-15H,5,12H2,1-4H3. The van der Waals surface area contributed by atoms with Gasteiger partial charge in [-0.1, -0.05) is 39.0 Å². The maximum atomic E-state index is 13.2. The smallest absolute Gasteiger partial charge is 0.343 e. The summed E-state index contributed by atoms with van der Waals surface area (Å²) in [6.45, 7) is 8.42. The third kappa shape index (κ3) is 4.12. The van der Waals surface area contributed by atoms with Gasteiger partial charge < -0.3 is 8.92 Å². The minimum atomic E-state index is -4.10. The first-order valence-corrected chi connectivity index (χ1v) is 10.8. The van der Waals surface area contributed by atoms with Crippen LogP contribution in [0.5, 0.6) is 11.5 Å². The molecule has 5 nitrogen and oxygen atoms in total. The molecule has 0 aliphatic heterocycles. The van der Waals surface area contributed by atoms with Gasteiger partial charge in [-0.3, -0.25) is 4.98 Å². The number of aromatic nitrogens is 1. The van der Waals surface area contributed by atoms with Gasteiger partial charge in [0, 0.05) is 11.6 Å². The minimum absolute atomic E-state index is 0.0446. The van der Waals surface area contributed by atoms with Crippen molar-refractivity contribution in [2.75, 3.05) is 6.61 Å². The second-order valence-electron chi connectivity index (χ2n) is 7.03. The van der Waals surface area contributed by atoms with Crippen molar-refractivity contribution in [3.63, 3.8) is 0 Å². The Kier molecular flexibility index (Phi) is 5.89. The molecule has 0 N–H and O–H groups in total. The van der Waals surface area contributed by atoms with Crippen molar-refractivity contribution in [2.24, 2.45) is 0 Å². The number of hydrogen-bond acceptors (Lipinski definition) is 5. The van der Waals surface area contributed by atoms with Crippen molar-refractivity contribution in [2.45, 2.75) is 44.9 Å². The highest BCUT2D eigenvalue weighted by Gasteiger charge is 2.25. The van der Waals surface area contributed by atoms with Crippen LogP contribution < -0.4 is 8.92 Å². The SMILES string of the molecule is CCCOc1cc(C)c(C(C)C)cc1S(=O)(=O)Oc1cccc2cccnc12. The molecule has 0 atom stereocenters. The van der Waals surface area contributed by atoms with Gasteiger partial charge in [0.15, 0.2) is 5.75 Å². The normalized spacial score (nSPS) is 11.8. The first-order chi connectivity index (χ1) is 13.3. The second kappa shape index (κ2) is 8.19. The number of ether oxygens (including phenoxy) is 1. The zero-order valence-electron chi connectivity index (χ0n) is 16.6. The molecule has 0 amide bonds. The summed E-state index contributed by atoms with van der Waals surface area (Å²) in [5.41, 5.74) is 2.44. The second-order valence-corrected chi connectivity index (χ2v) is 8.54. The number of rotatable bonds is 7. The monoisotopic (exact) mass is 399 g/mol. The van der Waals surface area contributed by atoms with E-state index in [4.69, 9.17) is 8.92 Å². The van der Waals surface area contributed by atoms with E-state index >= 15 is 0 Å². The molecule has 2 aromatic carbocycles. The third-order valence-corrected chi connectivity index (χ3v) is 5.74. The fraction of sp³-hybridized carbons (Fsp3) is 0.318. The van der Waals surface area contributed by atoms with Gasteiger partial charge in [-0.2, -0.15) is 8.42 Å². The van der Waals surface area contributed by atoms with Crippen LogP contribution >= 0.6 is 0 Å². The van der Waals surface area contributed by atoms with E-state index in [1.54, 1.807) is 36.5 Å². The lowest BCUT2D eigenvalue weighted by Gasteiger charge is -2.17. The predicted octanol–water partition coefficient (Wildman–Crippen LogP) is 5.22. The summed E-state index contributed by atoms with van der Waals surface area (Å²) >= 11 is 0. The van der Waals surface area contributed by atoms with Crippen LogP contribution in [0.2, 0.25) is 0 Å². The quantitative estimate of drug-likeness (QED) is 0.509. The topological polar surface area (TPSA) is 65.5 Å². The van der Waals surface area contributed by atoms with Crippen molar-refractivity contribution in [3.05, 3.63) is 59.8 Å². The van der Waals surface area contributed by atoms with Crippen LogP contribution in [0.3, 0.4) is 0 Å². The van der Waals surface area contributed by atoms with Crippen molar-refractivity contribution in [3.8, 4) is 11.5 Å². The summed E-state index contributed by atoms with van der Waals surface area (Å²) in [7, 11) is -4.10. The van der Waals surface area contributed by atoms with Gasteiger partial charge in [0.25, 0.3) is 0 Å². The van der Waals surface area contributed by atoms with Gasteiger partial charge in [0.1, 0.15) is 16.2 Å². The molecule has 28 heavy (non-hydrogen) atoms. The zero-order valence-corrected chi connectivity index (χ0v) is 17.4. The highest BCUT2D eigenvalue weighted by atomic mass is 32.2. The summed E-state index contributed by atoms with van der Waals surface area (Å²) in [6.07, 6.45) is 2.39. The Hall–Kier alpha value is -2.60. The molecular formula is C22H25NO4S. The summed E-state index contributed by atoms with van der Waals surface area (Å²) in [5, 5.41) is 0.810. The number of pyridine rings is 1. The lowest BCUT2D eigenvalue weighted by molar-refractivity contribution is 0.307. The number of nitrogens with zero attached hydrogens (tertiary/aromatic N) is 1. The van der Waals surface area contributed by atoms with Crippen molar-refractivity contribution < 1.29 is 17.3 Å². The van der Waals surface area contributed by atoms with Crippen LogP contribution in [-0.4, -0.2) is 20.0 Å². The van der Waals surface area contributed by atoms with Gasteiger partial charge in [-0.15, -0.1) is 0 Å². The van der Waals surface area contributed by atoms with Crippen LogP contribution in [0.1, 0.15) is 44.2 Å². The van der Waals surface area contributed by atoms with Gasteiger partial charge in [0.2, 0.25) is 0 Å². The molecule has 0 aliphatic rings. The maximum Gasteiger partial charge on any atom is 0.343 e. The average molecular weight is 400 g/mol. The van der Waals surface area contributed by atoms with Crippen molar-refractivity contribution in [1.82, 2.24) is 4.98 Å². The summed E-state index contributed by atoms with van der Waals surface area (Å²) < 4.78 is 37.6. The first-order valence-electron chi connectivity index (χ1n) is 9.39. The van der Waals surface area contributed by atoms with E-state index in [1.165, 1.54) is 0 Å². The molecule has 0 fully saturated rings. The van der Waals surface area contributed by atoms with Gasteiger partial charge in [0.05, 0.1) is 6.61 Å². The molecule has 0 radical (unpaired) electrons. The molecule has 0 saturated carbocycles. The minimum Gasteiger partial charge on any atom is -0.492 e. The van der Waals surface area contributed by atoms with Gasteiger partial charge >= 0.3 is 10.1 Å². The fourth-order valence-corrected chi connectivity index (χ4v) is 4.22. The van der Waals surface area contributed by atoms with Crippen LogP contribution in [-0.2, 0) is 10.1 Å². The molecule has 0 saturated heterocycles. The fourth-order valence-electron chi connectivity index (χ4n) is 3.13. The first kappa shape index (κ1) is 20.1. The molecule has 148 valence electrons. The van der Waals surface area contributed by atoms with E-state index in [0.717, 1.165) is 22.9 Å². The van der Waals surface area contributed by atoms with Crippen LogP contribution in [0.25, 0.3) is 10.9 Å². The number of benzene rings is 2. The molecule has 0 bridgehead atoms. The van der Waals surface area contributed by atoms with Crippen molar-refractivity contribution >= 4 is 21.0 Å². The molecule has 0 unspecified atom stereocenters. The number of para-hydroxylation sites is 1. The summed E-state index contributed by atoms with van der Waals surface area (Å²) in [5.74, 6) is 0.691. The molecule has 6 heteroatoms. The largest absolute Gasteiger partial charge is 0.492 e. The summed E-state index contributed by atoms with van der Waals surface area (Å²) in [6, 6.07) is 12.3. The van der Waals surface area contributed by atoms with E-state index in [1.807, 2.05) is 39.8 Å². The number of fused-ring (bicyclic) bond motifs is 1. The maximum absolute atomic E-state index is 13.2. The van der Waals surface area contributed by atoms with E-state index in [2.05, 4.69) is 4.98 Å². The molecule has 0 aliphatic carbocycles. The Bertz CT molecular complexity index is 1090. The third-order valence-electron chi connectivity index (χ3n) is 4.48. The van der Waals surface area contributed by atoms with E-state index < -0.39 is 10.1 Å². The van der Waals surface area contributed by atoms with E-state index in [9.17, 15) is 8.42 Å². The van der Waals surface area contributed by atoms with Crippen LogP contribution in [0, 0.1) is 6.92 Å². The molecule has 3 aromatic rings. The molecule has 3 rings (SSSR count). The van der Waals surface area contributed by atoms with E-state index in [0.29, 0.717) is 17.9 Å². The number of hydrogen-bond donors (Lipinski definition) is 0. The molecular weight excluding hydrogens is 374 g/mol. The predicted molar refractivity (Wildman–Crippen MR) is 111 cm³/mol. The molecule has 0 spiro atoms. The zero-order chi connectivity index (χ0) is 20.3. The summed E-state index contributed by atoms with van der Waals surface area (Å²) in [4.78, 5) is 4.31. The lowest BCUT2D eigenvalue weighted by Crippen LogP contribution is -2.14. The van der Waals surface area contributed by atoms with Gasteiger partial charge in [-0.25, -0.2) is 0 Å². The highest BCUT2D eigenvalue weighted by molar-refractivity contribution is 7.87. The van der Waals surface area contributed by atoms with Crippen LogP contribution in [0.15, 0.2) is 53.6 Å². The molecule has 1 heterocycles. The Morgan fingerprint density at radius 2 is 1.82 bits per heavy atom. The Morgan fingerprint density at radius 1 is 1.07 bits per heavy atom. The Morgan fingerprint density at radius 3 is 2.54 bits per heavy atom. The molecule has 1 aromatic heterocycles. The lowest BCUT2D eigenvalue weighted by atomic mass is 9.98. The Labute approximate surface area is 166 Å². The average Bonchev–Trinajstić information content (AvgIpc) is 2.66. The van der Waals surface area contributed by atoms with Crippen molar-refractivity contribution in [1.29, 1.82) is 0 Å². The Balaban J connectivity index is 2.10. The van der Waals surface area contributed by atoms with Crippen LogP contribution in [0.4, 0.5) is 0 Å². The van der Waals surface area contributed by atoms with E-state index in [-0.39, 0.29) is 16.6 Å².